The van der Waals surface area contributed by atoms with Crippen molar-refractivity contribution in [1.82, 2.24) is 9.88 Å². The summed E-state index contributed by atoms with van der Waals surface area (Å²) >= 11 is 0. The second kappa shape index (κ2) is 5.53. The number of nitrogen functional groups attached to an aromatic ring is 1. The highest BCUT2D eigenvalue weighted by molar-refractivity contribution is 5.98. The lowest BCUT2D eigenvalue weighted by atomic mass is 9.80. The third kappa shape index (κ3) is 2.95. The topological polar surface area (TPSA) is 54.2 Å². The lowest BCUT2D eigenvalue weighted by Gasteiger charge is -2.38. The first-order valence-electron chi connectivity index (χ1n) is 7.63. The molecule has 112 valence electrons. The highest BCUT2D eigenvalue weighted by Crippen LogP contribution is 2.32. The molecule has 3 N–H and O–H groups in total. The van der Waals surface area contributed by atoms with Gasteiger partial charge in [-0.3, -0.25) is 4.98 Å². The molecule has 1 saturated heterocycles. The van der Waals surface area contributed by atoms with Gasteiger partial charge in [-0.25, -0.2) is 0 Å². The van der Waals surface area contributed by atoms with Gasteiger partial charge in [0.25, 0.3) is 0 Å². The molecule has 1 fully saturated rings. The Balaban J connectivity index is 1.78. The van der Waals surface area contributed by atoms with Crippen molar-refractivity contribution in [2.75, 3.05) is 37.7 Å². The molecule has 1 aromatic heterocycles. The van der Waals surface area contributed by atoms with Crippen LogP contribution >= 0.6 is 0 Å². The molecule has 4 nitrogen and oxygen atoms in total. The molecule has 21 heavy (non-hydrogen) atoms. The van der Waals surface area contributed by atoms with Crippen LogP contribution in [0.5, 0.6) is 0 Å². The van der Waals surface area contributed by atoms with Gasteiger partial charge in [-0.2, -0.15) is 0 Å². The smallest absolute Gasteiger partial charge is 0.0953 e. The van der Waals surface area contributed by atoms with Crippen LogP contribution in [0.2, 0.25) is 0 Å². The van der Waals surface area contributed by atoms with Crippen LogP contribution in [0.15, 0.2) is 30.5 Å². The van der Waals surface area contributed by atoms with E-state index in [2.05, 4.69) is 29.2 Å². The lowest BCUT2D eigenvalue weighted by Crippen LogP contribution is -2.40. The molecule has 2 aromatic rings. The normalized spacial score (nSPS) is 18.8. The quantitative estimate of drug-likeness (QED) is 0.851. The summed E-state index contributed by atoms with van der Waals surface area (Å²) in [4.78, 5) is 6.89. The van der Waals surface area contributed by atoms with Crippen LogP contribution in [0.1, 0.15) is 19.8 Å². The second-order valence-electron chi connectivity index (χ2n) is 6.57. The van der Waals surface area contributed by atoms with Crippen LogP contribution in [0.25, 0.3) is 10.9 Å². The van der Waals surface area contributed by atoms with E-state index in [4.69, 9.17) is 5.73 Å². The standard InChI is InChI=1S/C17H24N4/c1-17(7-10-21(2)11-8-17)12-20-15-6-5-14(18)13-4-3-9-19-16(13)15/h3-6,9,20H,7-8,10-12,18H2,1-2H3. The van der Waals surface area contributed by atoms with Crippen molar-refractivity contribution >= 4 is 22.3 Å². The Bertz CT molecular complexity index is 630. The number of fused-ring (bicyclic) bond motifs is 1. The van der Waals surface area contributed by atoms with Crippen molar-refractivity contribution in [1.29, 1.82) is 0 Å². The fourth-order valence-electron chi connectivity index (χ4n) is 2.98. The molecule has 0 aliphatic carbocycles. The first-order chi connectivity index (χ1) is 10.1. The number of nitrogens with one attached hydrogen (secondary N) is 1. The van der Waals surface area contributed by atoms with Crippen LogP contribution in [0, 0.1) is 5.41 Å². The van der Waals surface area contributed by atoms with E-state index in [1.54, 1.807) is 0 Å². The summed E-state index contributed by atoms with van der Waals surface area (Å²) in [6.07, 6.45) is 4.29. The Morgan fingerprint density at radius 1 is 1.29 bits per heavy atom. The maximum atomic E-state index is 6.03. The molecule has 1 aromatic carbocycles. The van der Waals surface area contributed by atoms with E-state index in [9.17, 15) is 0 Å². The fourth-order valence-corrected chi connectivity index (χ4v) is 2.98. The first-order valence-corrected chi connectivity index (χ1v) is 7.63. The van der Waals surface area contributed by atoms with E-state index in [0.29, 0.717) is 5.41 Å². The lowest BCUT2D eigenvalue weighted by molar-refractivity contribution is 0.150. The number of pyridine rings is 1. The summed E-state index contributed by atoms with van der Waals surface area (Å²) in [6.45, 7) is 5.72. The van der Waals surface area contributed by atoms with Gasteiger partial charge in [0.05, 0.1) is 11.2 Å². The Morgan fingerprint density at radius 2 is 2.05 bits per heavy atom. The molecule has 0 unspecified atom stereocenters. The summed E-state index contributed by atoms with van der Waals surface area (Å²) in [5.74, 6) is 0. The molecule has 0 spiro atoms. The van der Waals surface area contributed by atoms with Gasteiger partial charge < -0.3 is 16.0 Å². The van der Waals surface area contributed by atoms with Crippen molar-refractivity contribution in [3.63, 3.8) is 0 Å². The van der Waals surface area contributed by atoms with E-state index in [1.807, 2.05) is 30.5 Å². The minimum Gasteiger partial charge on any atom is -0.398 e. The monoisotopic (exact) mass is 284 g/mol. The number of nitrogens with two attached hydrogens (primary N) is 1. The summed E-state index contributed by atoms with van der Waals surface area (Å²) in [5.41, 5.74) is 9.22. The Hall–Kier alpha value is -1.81. The molecule has 1 aliphatic heterocycles. The van der Waals surface area contributed by atoms with Gasteiger partial charge >= 0.3 is 0 Å². The van der Waals surface area contributed by atoms with Crippen LogP contribution in [-0.4, -0.2) is 36.6 Å². The summed E-state index contributed by atoms with van der Waals surface area (Å²) in [7, 11) is 2.20. The Kier molecular flexibility index (Phi) is 3.72. The minimum atomic E-state index is 0.356. The maximum Gasteiger partial charge on any atom is 0.0953 e. The largest absolute Gasteiger partial charge is 0.398 e. The number of rotatable bonds is 3. The van der Waals surface area contributed by atoms with Gasteiger partial charge in [0, 0.05) is 23.8 Å². The van der Waals surface area contributed by atoms with Crippen LogP contribution < -0.4 is 11.1 Å². The van der Waals surface area contributed by atoms with Crippen LogP contribution in [-0.2, 0) is 0 Å². The SMILES string of the molecule is CN1CCC(C)(CNc2ccc(N)c3cccnc23)CC1. The van der Waals surface area contributed by atoms with E-state index in [0.717, 1.165) is 28.8 Å². The molecule has 1 aliphatic rings. The highest BCUT2D eigenvalue weighted by atomic mass is 15.1. The second-order valence-corrected chi connectivity index (χ2v) is 6.57. The predicted molar refractivity (Wildman–Crippen MR) is 89.5 cm³/mol. The average Bonchev–Trinajstić information content (AvgIpc) is 2.50. The molecule has 0 atom stereocenters. The van der Waals surface area contributed by atoms with E-state index in [-0.39, 0.29) is 0 Å². The van der Waals surface area contributed by atoms with Crippen molar-refractivity contribution in [2.24, 2.45) is 5.41 Å². The molecule has 0 amide bonds. The van der Waals surface area contributed by atoms with Crippen LogP contribution in [0.3, 0.4) is 0 Å². The summed E-state index contributed by atoms with van der Waals surface area (Å²) < 4.78 is 0. The highest BCUT2D eigenvalue weighted by Gasteiger charge is 2.28. The maximum absolute atomic E-state index is 6.03. The zero-order chi connectivity index (χ0) is 14.9. The van der Waals surface area contributed by atoms with Crippen molar-refractivity contribution in [3.05, 3.63) is 30.5 Å². The van der Waals surface area contributed by atoms with Gasteiger partial charge in [-0.1, -0.05) is 6.92 Å². The van der Waals surface area contributed by atoms with Gasteiger partial charge in [-0.15, -0.1) is 0 Å². The number of nitrogens with zero attached hydrogens (tertiary/aromatic N) is 2. The number of aromatic nitrogens is 1. The number of anilines is 2. The number of likely N-dealkylation sites (tertiary alicyclic amines) is 1. The first kappa shape index (κ1) is 14.1. The average molecular weight is 284 g/mol. The predicted octanol–water partition coefficient (Wildman–Crippen LogP) is 2.96. The Labute approximate surface area is 126 Å². The zero-order valence-electron chi connectivity index (χ0n) is 12.9. The van der Waals surface area contributed by atoms with Crippen LogP contribution in [0.4, 0.5) is 11.4 Å². The summed E-state index contributed by atoms with van der Waals surface area (Å²) in [6, 6.07) is 7.97. The van der Waals surface area contributed by atoms with Gasteiger partial charge in [0.2, 0.25) is 0 Å². The fraction of sp³-hybridized carbons (Fsp3) is 0.471. The molecule has 0 radical (unpaired) electrons. The molecular formula is C17H24N4. The molecule has 2 heterocycles. The van der Waals surface area contributed by atoms with E-state index < -0.39 is 0 Å². The number of hydrogen-bond acceptors (Lipinski definition) is 4. The van der Waals surface area contributed by atoms with E-state index in [1.165, 1.54) is 25.9 Å². The molecule has 3 rings (SSSR count). The molecular weight excluding hydrogens is 260 g/mol. The molecule has 0 saturated carbocycles. The third-order valence-electron chi connectivity index (χ3n) is 4.70. The van der Waals surface area contributed by atoms with Gasteiger partial charge in [0.15, 0.2) is 0 Å². The van der Waals surface area contributed by atoms with E-state index >= 15 is 0 Å². The zero-order valence-corrected chi connectivity index (χ0v) is 12.9. The molecule has 4 heteroatoms. The minimum absolute atomic E-state index is 0.356. The number of piperidine rings is 1. The Morgan fingerprint density at radius 3 is 2.81 bits per heavy atom. The number of benzene rings is 1. The molecule has 0 bridgehead atoms. The van der Waals surface area contributed by atoms with Crippen molar-refractivity contribution < 1.29 is 0 Å². The van der Waals surface area contributed by atoms with Crippen molar-refractivity contribution in [2.45, 2.75) is 19.8 Å². The third-order valence-corrected chi connectivity index (χ3v) is 4.70. The number of hydrogen-bond donors (Lipinski definition) is 2. The summed E-state index contributed by atoms with van der Waals surface area (Å²) in [5, 5.41) is 4.63. The van der Waals surface area contributed by atoms with Gasteiger partial charge in [0.1, 0.15) is 0 Å². The van der Waals surface area contributed by atoms with Gasteiger partial charge in [-0.05, 0) is 62.7 Å². The van der Waals surface area contributed by atoms with Crippen molar-refractivity contribution in [3.8, 4) is 0 Å².